The smallest absolute Gasteiger partial charge is 0.294 e. The maximum atomic E-state index is 14.9. The number of fused-ring (bicyclic) bond motifs is 1. The van der Waals surface area contributed by atoms with Gasteiger partial charge in [0.05, 0.1) is 17.4 Å². The number of benzene rings is 2. The molecule has 5 nitrogen and oxygen atoms in total. The van der Waals surface area contributed by atoms with Crippen molar-refractivity contribution in [3.05, 3.63) is 76.4 Å². The van der Waals surface area contributed by atoms with Gasteiger partial charge in [0.25, 0.3) is 5.92 Å². The summed E-state index contributed by atoms with van der Waals surface area (Å²) < 4.78 is 30.7. The second-order valence-electron chi connectivity index (χ2n) is 9.57. The second-order valence-corrected chi connectivity index (χ2v) is 10.4. The molecule has 2 heterocycles. The molecule has 2 aliphatic rings. The van der Waals surface area contributed by atoms with E-state index in [0.29, 0.717) is 25.4 Å². The fourth-order valence-corrected chi connectivity index (χ4v) is 5.35. The van der Waals surface area contributed by atoms with Crippen molar-refractivity contribution in [1.29, 1.82) is 0 Å². The highest BCUT2D eigenvalue weighted by molar-refractivity contribution is 9.10. The topological polar surface area (TPSA) is 65.3 Å². The molecule has 194 valence electrons. The SMILES string of the molecule is C=C(CCC)C(F)(F)c1cccc(N2CCC(N/C=C(\CN)C3CNc4cccc(Br)c4N3)CC2)c1. The Kier molecular flexibility index (Phi) is 8.57. The summed E-state index contributed by atoms with van der Waals surface area (Å²) in [5.41, 5.74) is 10.2. The molecule has 4 rings (SSSR count). The van der Waals surface area contributed by atoms with Gasteiger partial charge in [-0.1, -0.05) is 38.1 Å². The Hall–Kier alpha value is -2.58. The van der Waals surface area contributed by atoms with Crippen molar-refractivity contribution >= 4 is 33.0 Å². The fraction of sp³-hybridized carbons (Fsp3) is 0.429. The van der Waals surface area contributed by atoms with Crippen LogP contribution in [0.15, 0.2) is 70.9 Å². The Balaban J connectivity index is 1.35. The van der Waals surface area contributed by atoms with Crippen molar-refractivity contribution in [2.45, 2.75) is 50.6 Å². The number of nitrogens with one attached hydrogen (secondary N) is 3. The zero-order valence-corrected chi connectivity index (χ0v) is 22.4. The van der Waals surface area contributed by atoms with Gasteiger partial charge in [-0.25, -0.2) is 0 Å². The molecular weight excluding hydrogens is 524 g/mol. The molecule has 2 aromatic carbocycles. The average molecular weight is 561 g/mol. The molecule has 1 unspecified atom stereocenters. The highest BCUT2D eigenvalue weighted by atomic mass is 79.9. The number of piperidine rings is 1. The lowest BCUT2D eigenvalue weighted by Gasteiger charge is -2.35. The predicted molar refractivity (Wildman–Crippen MR) is 150 cm³/mol. The summed E-state index contributed by atoms with van der Waals surface area (Å²) in [5, 5.41) is 10.6. The molecule has 1 atom stereocenters. The Morgan fingerprint density at radius 3 is 2.72 bits per heavy atom. The normalized spacial score (nSPS) is 18.8. The van der Waals surface area contributed by atoms with Crippen LogP contribution < -0.4 is 26.6 Å². The van der Waals surface area contributed by atoms with E-state index in [1.54, 1.807) is 12.1 Å². The summed E-state index contributed by atoms with van der Waals surface area (Å²) in [4.78, 5) is 2.19. The van der Waals surface area contributed by atoms with Crippen molar-refractivity contribution < 1.29 is 8.78 Å². The number of nitrogens with zero attached hydrogens (tertiary/aromatic N) is 1. The van der Waals surface area contributed by atoms with Crippen LogP contribution in [0, 0.1) is 0 Å². The third kappa shape index (κ3) is 5.86. The van der Waals surface area contributed by atoms with Gasteiger partial charge < -0.3 is 26.6 Å². The molecule has 0 aliphatic carbocycles. The van der Waals surface area contributed by atoms with Crippen LogP contribution in [0.3, 0.4) is 0 Å². The van der Waals surface area contributed by atoms with Crippen LogP contribution in [0.4, 0.5) is 25.8 Å². The van der Waals surface area contributed by atoms with E-state index in [-0.39, 0.29) is 17.2 Å². The first-order valence-corrected chi connectivity index (χ1v) is 13.5. The lowest BCUT2D eigenvalue weighted by molar-refractivity contribution is 0.0346. The third-order valence-corrected chi connectivity index (χ3v) is 7.74. The summed E-state index contributed by atoms with van der Waals surface area (Å²) in [6, 6.07) is 13.3. The molecule has 0 aromatic heterocycles. The van der Waals surface area contributed by atoms with Gasteiger partial charge in [-0.05, 0) is 76.8 Å². The van der Waals surface area contributed by atoms with Crippen LogP contribution >= 0.6 is 15.9 Å². The quantitative estimate of drug-likeness (QED) is 0.275. The molecule has 5 N–H and O–H groups in total. The maximum Gasteiger partial charge on any atom is 0.294 e. The van der Waals surface area contributed by atoms with Gasteiger partial charge in [0.2, 0.25) is 0 Å². The van der Waals surface area contributed by atoms with Gasteiger partial charge in [0.1, 0.15) is 0 Å². The highest BCUT2D eigenvalue weighted by Gasteiger charge is 2.35. The molecule has 8 heteroatoms. The summed E-state index contributed by atoms with van der Waals surface area (Å²) in [6.07, 6.45) is 4.88. The molecule has 1 fully saturated rings. The van der Waals surface area contributed by atoms with Crippen molar-refractivity contribution in [1.82, 2.24) is 5.32 Å². The summed E-state index contributed by atoms with van der Waals surface area (Å²) in [6.45, 7) is 8.35. The first-order chi connectivity index (χ1) is 17.3. The minimum Gasteiger partial charge on any atom is -0.388 e. The van der Waals surface area contributed by atoms with E-state index in [4.69, 9.17) is 5.73 Å². The van der Waals surface area contributed by atoms with E-state index in [0.717, 1.165) is 59.6 Å². The molecule has 0 radical (unpaired) electrons. The maximum absolute atomic E-state index is 14.9. The van der Waals surface area contributed by atoms with E-state index in [1.807, 2.05) is 25.1 Å². The molecule has 0 amide bonds. The van der Waals surface area contributed by atoms with Crippen molar-refractivity contribution in [2.24, 2.45) is 5.73 Å². The predicted octanol–water partition coefficient (Wildman–Crippen LogP) is 6.20. The number of alkyl halides is 2. The Morgan fingerprint density at radius 2 is 2.00 bits per heavy atom. The van der Waals surface area contributed by atoms with Crippen LogP contribution in [0.1, 0.15) is 38.2 Å². The highest BCUT2D eigenvalue weighted by Crippen LogP contribution is 2.39. The average Bonchev–Trinajstić information content (AvgIpc) is 2.90. The molecule has 0 spiro atoms. The van der Waals surface area contributed by atoms with E-state index < -0.39 is 5.92 Å². The number of hydrogen-bond donors (Lipinski definition) is 4. The van der Waals surface area contributed by atoms with Crippen LogP contribution in [0.5, 0.6) is 0 Å². The standard InChI is InChI=1S/C28H36BrF2N5/c1-3-6-19(2)28(30,31)21-7-4-8-23(15-21)36-13-11-22(12-14-36)33-17-20(16-32)26-18-34-25-10-5-9-24(29)27(25)35-26/h4-5,7-10,15,17,22,26,33-35H,2-3,6,11-14,16,18,32H2,1H3/b20-17+. The van der Waals surface area contributed by atoms with Gasteiger partial charge >= 0.3 is 0 Å². The van der Waals surface area contributed by atoms with Crippen LogP contribution in [-0.2, 0) is 5.92 Å². The molecular formula is C28H36BrF2N5. The molecule has 2 aromatic rings. The Labute approximate surface area is 221 Å². The van der Waals surface area contributed by atoms with Crippen molar-refractivity contribution in [2.75, 3.05) is 41.7 Å². The molecule has 0 saturated carbocycles. The summed E-state index contributed by atoms with van der Waals surface area (Å²) >= 11 is 3.62. The van der Waals surface area contributed by atoms with E-state index in [2.05, 4.69) is 55.6 Å². The van der Waals surface area contributed by atoms with Gasteiger partial charge in [-0.15, -0.1) is 0 Å². The zero-order chi connectivity index (χ0) is 25.7. The first kappa shape index (κ1) is 26.5. The number of rotatable bonds is 9. The van der Waals surface area contributed by atoms with Crippen molar-refractivity contribution in [3.8, 4) is 0 Å². The van der Waals surface area contributed by atoms with E-state index in [9.17, 15) is 8.78 Å². The van der Waals surface area contributed by atoms with E-state index in [1.165, 1.54) is 6.07 Å². The van der Waals surface area contributed by atoms with Crippen LogP contribution in [0.25, 0.3) is 0 Å². The zero-order valence-electron chi connectivity index (χ0n) is 20.8. The molecule has 2 aliphatic heterocycles. The number of nitrogens with two attached hydrogens (primary N) is 1. The Morgan fingerprint density at radius 1 is 1.25 bits per heavy atom. The summed E-state index contributed by atoms with van der Waals surface area (Å²) in [7, 11) is 0. The first-order valence-electron chi connectivity index (χ1n) is 12.7. The van der Waals surface area contributed by atoms with Crippen LogP contribution in [-0.4, -0.2) is 38.3 Å². The monoisotopic (exact) mass is 559 g/mol. The molecule has 1 saturated heterocycles. The second kappa shape index (κ2) is 11.6. The minimum atomic E-state index is -3.01. The number of anilines is 3. The number of para-hydroxylation sites is 1. The van der Waals surface area contributed by atoms with Crippen LogP contribution in [0.2, 0.25) is 0 Å². The van der Waals surface area contributed by atoms with E-state index >= 15 is 0 Å². The lowest BCUT2D eigenvalue weighted by atomic mass is 9.97. The number of halogens is 3. The largest absolute Gasteiger partial charge is 0.388 e. The lowest BCUT2D eigenvalue weighted by Crippen LogP contribution is -2.42. The molecule has 0 bridgehead atoms. The number of allylic oxidation sites excluding steroid dienone is 1. The summed E-state index contributed by atoms with van der Waals surface area (Å²) in [5.74, 6) is -3.01. The molecule has 36 heavy (non-hydrogen) atoms. The van der Waals surface area contributed by atoms with Gasteiger partial charge in [-0.2, -0.15) is 8.78 Å². The Bertz CT molecular complexity index is 1100. The van der Waals surface area contributed by atoms with Crippen molar-refractivity contribution in [3.63, 3.8) is 0 Å². The fourth-order valence-electron chi connectivity index (χ4n) is 4.87. The number of hydrogen-bond acceptors (Lipinski definition) is 5. The van der Waals surface area contributed by atoms with Gasteiger partial charge in [-0.3, -0.25) is 0 Å². The van der Waals surface area contributed by atoms with Gasteiger partial charge in [0.15, 0.2) is 0 Å². The minimum absolute atomic E-state index is 0.0222. The third-order valence-electron chi connectivity index (χ3n) is 7.08. The van der Waals surface area contributed by atoms with Gasteiger partial charge in [0, 0.05) is 47.9 Å².